The van der Waals surface area contributed by atoms with Gasteiger partial charge in [0.15, 0.2) is 0 Å². The molecule has 2 rings (SSSR count). The number of ether oxygens (including phenoxy) is 1. The molecule has 3 nitrogen and oxygen atoms in total. The van der Waals surface area contributed by atoms with Gasteiger partial charge in [-0.3, -0.25) is 4.98 Å². The average Bonchev–Trinajstić information content (AvgIpc) is 2.31. The van der Waals surface area contributed by atoms with Crippen molar-refractivity contribution in [2.45, 2.75) is 37.4 Å². The third-order valence-corrected chi connectivity index (χ3v) is 3.25. The van der Waals surface area contributed by atoms with Crippen molar-refractivity contribution in [3.8, 4) is 0 Å². The Hall–Kier alpha value is -0.930. The van der Waals surface area contributed by atoms with Crippen LogP contribution in [0.1, 0.15) is 31.2 Å². The SMILES string of the molecule is CO[C@H]1CCCC[C@@]1(O)c1cccnc1. The van der Waals surface area contributed by atoms with Gasteiger partial charge in [0.2, 0.25) is 0 Å². The molecule has 82 valence electrons. The maximum atomic E-state index is 10.6. The fourth-order valence-corrected chi connectivity index (χ4v) is 2.39. The van der Waals surface area contributed by atoms with Crippen LogP contribution in [0.3, 0.4) is 0 Å². The zero-order chi connectivity index (χ0) is 10.7. The van der Waals surface area contributed by atoms with Gasteiger partial charge < -0.3 is 9.84 Å². The first-order valence-corrected chi connectivity index (χ1v) is 5.43. The van der Waals surface area contributed by atoms with Gasteiger partial charge in [-0.25, -0.2) is 0 Å². The molecule has 1 aliphatic carbocycles. The summed E-state index contributed by atoms with van der Waals surface area (Å²) in [7, 11) is 1.66. The van der Waals surface area contributed by atoms with E-state index in [-0.39, 0.29) is 6.10 Å². The van der Waals surface area contributed by atoms with Crippen LogP contribution < -0.4 is 0 Å². The molecule has 1 aromatic rings. The first-order chi connectivity index (χ1) is 7.27. The Morgan fingerprint density at radius 1 is 1.53 bits per heavy atom. The standard InChI is InChI=1S/C12H17NO2/c1-15-11-6-2-3-7-12(11,14)10-5-4-8-13-9-10/h4-5,8-9,11,14H,2-3,6-7H2,1H3/t11-,12+/m0/s1. The number of hydrogen-bond acceptors (Lipinski definition) is 3. The second kappa shape index (κ2) is 4.29. The van der Waals surface area contributed by atoms with Gasteiger partial charge in [-0.05, 0) is 18.9 Å². The molecule has 0 unspecified atom stereocenters. The molecule has 0 amide bonds. The highest BCUT2D eigenvalue weighted by molar-refractivity contribution is 5.20. The van der Waals surface area contributed by atoms with E-state index >= 15 is 0 Å². The van der Waals surface area contributed by atoms with E-state index in [0.29, 0.717) is 0 Å². The van der Waals surface area contributed by atoms with Crippen LogP contribution in [0, 0.1) is 0 Å². The molecule has 0 saturated heterocycles. The van der Waals surface area contributed by atoms with Crippen molar-refractivity contribution in [3.63, 3.8) is 0 Å². The smallest absolute Gasteiger partial charge is 0.117 e. The summed E-state index contributed by atoms with van der Waals surface area (Å²) >= 11 is 0. The normalized spacial score (nSPS) is 31.5. The lowest BCUT2D eigenvalue weighted by atomic mass is 9.78. The molecule has 1 saturated carbocycles. The minimum Gasteiger partial charge on any atom is -0.382 e. The Morgan fingerprint density at radius 2 is 2.40 bits per heavy atom. The highest BCUT2D eigenvalue weighted by atomic mass is 16.5. The summed E-state index contributed by atoms with van der Waals surface area (Å²) in [6.07, 6.45) is 7.20. The van der Waals surface area contributed by atoms with Crippen LogP contribution in [0.15, 0.2) is 24.5 Å². The van der Waals surface area contributed by atoms with E-state index in [1.807, 2.05) is 12.1 Å². The molecule has 1 fully saturated rings. The van der Waals surface area contributed by atoms with Crippen molar-refractivity contribution in [2.75, 3.05) is 7.11 Å². The third-order valence-electron chi connectivity index (χ3n) is 3.25. The maximum absolute atomic E-state index is 10.6. The Bertz CT molecular complexity index is 315. The summed E-state index contributed by atoms with van der Waals surface area (Å²) in [6, 6.07) is 3.78. The summed E-state index contributed by atoms with van der Waals surface area (Å²) in [4.78, 5) is 4.06. The molecular formula is C12H17NO2. The zero-order valence-corrected chi connectivity index (χ0v) is 9.02. The van der Waals surface area contributed by atoms with Crippen LogP contribution in [-0.2, 0) is 10.3 Å². The van der Waals surface area contributed by atoms with Crippen molar-refractivity contribution in [1.29, 1.82) is 0 Å². The van der Waals surface area contributed by atoms with Crippen molar-refractivity contribution >= 4 is 0 Å². The molecule has 0 aliphatic heterocycles. The van der Waals surface area contributed by atoms with Crippen molar-refractivity contribution in [1.82, 2.24) is 4.98 Å². The van der Waals surface area contributed by atoms with Gasteiger partial charge in [-0.2, -0.15) is 0 Å². The minimum atomic E-state index is -0.846. The lowest BCUT2D eigenvalue weighted by Crippen LogP contribution is -2.43. The monoisotopic (exact) mass is 207 g/mol. The second-order valence-electron chi connectivity index (χ2n) is 4.14. The summed E-state index contributed by atoms with van der Waals surface area (Å²) in [5, 5.41) is 10.6. The highest BCUT2D eigenvalue weighted by Crippen LogP contribution is 2.38. The molecule has 3 heteroatoms. The molecule has 0 bridgehead atoms. The predicted molar refractivity (Wildman–Crippen MR) is 57.4 cm³/mol. The minimum absolute atomic E-state index is 0.101. The van der Waals surface area contributed by atoms with Crippen LogP contribution in [0.25, 0.3) is 0 Å². The molecule has 0 aromatic carbocycles. The number of pyridine rings is 1. The number of rotatable bonds is 2. The Kier molecular flexibility index (Phi) is 3.03. The average molecular weight is 207 g/mol. The molecule has 1 heterocycles. The van der Waals surface area contributed by atoms with Gasteiger partial charge >= 0.3 is 0 Å². The fraction of sp³-hybridized carbons (Fsp3) is 0.583. The summed E-state index contributed by atoms with van der Waals surface area (Å²) < 4.78 is 5.38. The molecule has 1 N–H and O–H groups in total. The van der Waals surface area contributed by atoms with Crippen LogP contribution in [0.2, 0.25) is 0 Å². The number of aliphatic hydroxyl groups is 1. The Labute approximate surface area is 90.1 Å². The predicted octanol–water partition coefficient (Wildman–Crippen LogP) is 1.86. The van der Waals surface area contributed by atoms with E-state index in [4.69, 9.17) is 4.74 Å². The largest absolute Gasteiger partial charge is 0.382 e. The lowest BCUT2D eigenvalue weighted by Gasteiger charge is -2.39. The zero-order valence-electron chi connectivity index (χ0n) is 9.02. The number of hydrogen-bond donors (Lipinski definition) is 1. The van der Waals surface area contributed by atoms with Crippen molar-refractivity contribution in [3.05, 3.63) is 30.1 Å². The van der Waals surface area contributed by atoms with Gasteiger partial charge in [0.1, 0.15) is 5.60 Å². The maximum Gasteiger partial charge on any atom is 0.117 e. The fourth-order valence-electron chi connectivity index (χ4n) is 2.39. The summed E-state index contributed by atoms with van der Waals surface area (Å²) in [5.74, 6) is 0. The van der Waals surface area contributed by atoms with Crippen LogP contribution >= 0.6 is 0 Å². The van der Waals surface area contributed by atoms with E-state index in [0.717, 1.165) is 31.2 Å². The highest BCUT2D eigenvalue weighted by Gasteiger charge is 2.40. The Morgan fingerprint density at radius 3 is 3.07 bits per heavy atom. The van der Waals surface area contributed by atoms with Gasteiger partial charge in [-0.1, -0.05) is 18.9 Å². The lowest BCUT2D eigenvalue weighted by molar-refractivity contribution is -0.122. The molecular weight excluding hydrogens is 190 g/mol. The molecule has 1 aromatic heterocycles. The van der Waals surface area contributed by atoms with Crippen LogP contribution in [0.5, 0.6) is 0 Å². The van der Waals surface area contributed by atoms with Gasteiger partial charge in [0, 0.05) is 25.1 Å². The summed E-state index contributed by atoms with van der Waals surface area (Å²) in [5.41, 5.74) is 0.0258. The molecule has 0 spiro atoms. The van der Waals surface area contributed by atoms with Crippen LogP contribution in [0.4, 0.5) is 0 Å². The van der Waals surface area contributed by atoms with Crippen molar-refractivity contribution < 1.29 is 9.84 Å². The van der Waals surface area contributed by atoms with E-state index in [1.165, 1.54) is 0 Å². The van der Waals surface area contributed by atoms with Crippen LogP contribution in [-0.4, -0.2) is 23.3 Å². The van der Waals surface area contributed by atoms with Gasteiger partial charge in [0.05, 0.1) is 6.10 Å². The van der Waals surface area contributed by atoms with E-state index in [2.05, 4.69) is 4.98 Å². The Balaban J connectivity index is 2.30. The molecule has 2 atom stereocenters. The van der Waals surface area contributed by atoms with E-state index < -0.39 is 5.60 Å². The first-order valence-electron chi connectivity index (χ1n) is 5.43. The third kappa shape index (κ3) is 1.90. The first kappa shape index (κ1) is 10.6. The molecule has 1 aliphatic rings. The topological polar surface area (TPSA) is 42.4 Å². The second-order valence-corrected chi connectivity index (χ2v) is 4.14. The van der Waals surface area contributed by atoms with Gasteiger partial charge in [-0.15, -0.1) is 0 Å². The van der Waals surface area contributed by atoms with Crippen molar-refractivity contribution in [2.24, 2.45) is 0 Å². The molecule has 0 radical (unpaired) electrons. The quantitative estimate of drug-likeness (QED) is 0.804. The number of methoxy groups -OCH3 is 1. The van der Waals surface area contributed by atoms with Gasteiger partial charge in [0.25, 0.3) is 0 Å². The number of nitrogens with zero attached hydrogens (tertiary/aromatic N) is 1. The van der Waals surface area contributed by atoms with E-state index in [1.54, 1.807) is 19.5 Å². The number of aromatic nitrogens is 1. The van der Waals surface area contributed by atoms with E-state index in [9.17, 15) is 5.11 Å². The molecule has 15 heavy (non-hydrogen) atoms. The summed E-state index contributed by atoms with van der Waals surface area (Å²) in [6.45, 7) is 0.